The van der Waals surface area contributed by atoms with Crippen molar-refractivity contribution in [1.82, 2.24) is 20.1 Å². The largest absolute Gasteiger partial charge is 0.348 e. The quantitative estimate of drug-likeness (QED) is 0.583. The van der Waals surface area contributed by atoms with E-state index in [0.29, 0.717) is 10.6 Å². The first-order chi connectivity index (χ1) is 12.5. The van der Waals surface area contributed by atoms with Crippen LogP contribution in [0.5, 0.6) is 0 Å². The highest BCUT2D eigenvalue weighted by molar-refractivity contribution is 9.10. The van der Waals surface area contributed by atoms with Gasteiger partial charge in [-0.2, -0.15) is 5.10 Å². The molecule has 0 saturated heterocycles. The van der Waals surface area contributed by atoms with Crippen LogP contribution in [0.2, 0.25) is 0 Å². The number of benzene rings is 2. The zero-order valence-corrected chi connectivity index (χ0v) is 16.9. The molecule has 3 aromatic rings. The smallest absolute Gasteiger partial charge is 0.240 e. The Morgan fingerprint density at radius 1 is 1.31 bits per heavy atom. The normalized spacial score (nSPS) is 12.0. The molecule has 0 radical (unpaired) electrons. The second kappa shape index (κ2) is 7.97. The van der Waals surface area contributed by atoms with Gasteiger partial charge in [0.15, 0.2) is 10.6 Å². The van der Waals surface area contributed by atoms with Crippen molar-refractivity contribution in [1.29, 1.82) is 0 Å². The Morgan fingerprint density at radius 3 is 2.81 bits per heavy atom. The number of H-pyrrole nitrogens is 1. The predicted octanol–water partition coefficient (Wildman–Crippen LogP) is 4.56. The fraction of sp³-hybridized carbons (Fsp3) is 0.211. The maximum atomic E-state index is 12.6. The number of halogens is 1. The minimum absolute atomic E-state index is 0.105. The number of rotatable bonds is 5. The van der Waals surface area contributed by atoms with Crippen LogP contribution < -0.4 is 5.32 Å². The Bertz CT molecular complexity index is 995. The maximum absolute atomic E-state index is 12.6. The van der Waals surface area contributed by atoms with E-state index in [4.69, 9.17) is 12.2 Å². The summed E-state index contributed by atoms with van der Waals surface area (Å²) in [4.78, 5) is 12.6. The second-order valence-electron chi connectivity index (χ2n) is 6.12. The molecule has 0 aliphatic rings. The van der Waals surface area contributed by atoms with Gasteiger partial charge in [-0.15, -0.1) is 0 Å². The van der Waals surface area contributed by atoms with Crippen molar-refractivity contribution in [3.05, 3.63) is 68.9 Å². The molecule has 1 aromatic heterocycles. The van der Waals surface area contributed by atoms with E-state index in [1.54, 1.807) is 4.57 Å². The van der Waals surface area contributed by atoms with Crippen LogP contribution in [0.25, 0.3) is 11.4 Å². The molecule has 0 aliphatic carbocycles. The number of carbonyl (C=O) groups is 1. The zero-order chi connectivity index (χ0) is 18.7. The van der Waals surface area contributed by atoms with Crippen LogP contribution in [-0.4, -0.2) is 20.7 Å². The number of nitrogens with zero attached hydrogens (tertiary/aromatic N) is 2. The fourth-order valence-corrected chi connectivity index (χ4v) is 3.63. The van der Waals surface area contributed by atoms with Crippen molar-refractivity contribution in [2.45, 2.75) is 26.4 Å². The van der Waals surface area contributed by atoms with Gasteiger partial charge in [-0.05, 0) is 43.8 Å². The molecular formula is C19H19BrN4OS. The van der Waals surface area contributed by atoms with Gasteiger partial charge in [-0.25, -0.2) is 0 Å². The van der Waals surface area contributed by atoms with Crippen LogP contribution in [0.15, 0.2) is 53.0 Å². The summed E-state index contributed by atoms with van der Waals surface area (Å²) in [7, 11) is 0. The standard InChI is InChI=1S/C19H19BrN4OS/c1-12-6-5-7-14(10-12)18-22-23-19(26)24(18)11-17(25)21-13(2)15-8-3-4-9-16(15)20/h3-10,13H,11H2,1-2H3,(H,21,25)(H,23,26)/t13-/m0/s1. The van der Waals surface area contributed by atoms with Crippen LogP contribution >= 0.6 is 28.1 Å². The number of amides is 1. The molecule has 0 unspecified atom stereocenters. The molecule has 134 valence electrons. The van der Waals surface area contributed by atoms with Crippen LogP contribution in [0.3, 0.4) is 0 Å². The summed E-state index contributed by atoms with van der Waals surface area (Å²) in [6.45, 7) is 4.07. The zero-order valence-electron chi connectivity index (χ0n) is 14.5. The molecular weight excluding hydrogens is 412 g/mol. The summed E-state index contributed by atoms with van der Waals surface area (Å²) < 4.78 is 3.10. The minimum atomic E-state index is -0.125. The second-order valence-corrected chi connectivity index (χ2v) is 7.36. The molecule has 7 heteroatoms. The summed E-state index contributed by atoms with van der Waals surface area (Å²) in [5, 5.41) is 10.1. The number of aromatic amines is 1. The highest BCUT2D eigenvalue weighted by Gasteiger charge is 2.16. The molecule has 0 spiro atoms. The first kappa shape index (κ1) is 18.5. The Kier molecular flexibility index (Phi) is 5.68. The Morgan fingerprint density at radius 2 is 2.08 bits per heavy atom. The van der Waals surface area contributed by atoms with Crippen molar-refractivity contribution in [3.8, 4) is 11.4 Å². The van der Waals surface area contributed by atoms with Crippen molar-refractivity contribution in [2.24, 2.45) is 0 Å². The van der Waals surface area contributed by atoms with E-state index in [9.17, 15) is 4.79 Å². The van der Waals surface area contributed by atoms with Gasteiger partial charge < -0.3 is 5.32 Å². The Balaban J connectivity index is 1.79. The van der Waals surface area contributed by atoms with Gasteiger partial charge in [-0.3, -0.25) is 14.5 Å². The van der Waals surface area contributed by atoms with E-state index < -0.39 is 0 Å². The number of nitrogens with one attached hydrogen (secondary N) is 2. The van der Waals surface area contributed by atoms with Gasteiger partial charge in [0, 0.05) is 10.0 Å². The lowest BCUT2D eigenvalue weighted by molar-refractivity contribution is -0.122. The lowest BCUT2D eigenvalue weighted by Crippen LogP contribution is -2.30. The van der Waals surface area contributed by atoms with E-state index >= 15 is 0 Å². The van der Waals surface area contributed by atoms with Crippen LogP contribution in [0.4, 0.5) is 0 Å². The first-order valence-corrected chi connectivity index (χ1v) is 9.42. The van der Waals surface area contributed by atoms with Gasteiger partial charge in [0.25, 0.3) is 0 Å². The molecule has 5 nitrogen and oxygen atoms in total. The molecule has 1 atom stereocenters. The summed E-state index contributed by atoms with van der Waals surface area (Å²) in [6.07, 6.45) is 0. The van der Waals surface area contributed by atoms with Gasteiger partial charge in [0.1, 0.15) is 6.54 Å². The summed E-state index contributed by atoms with van der Waals surface area (Å²) in [6, 6.07) is 15.7. The number of hydrogen-bond acceptors (Lipinski definition) is 3. The van der Waals surface area contributed by atoms with E-state index in [-0.39, 0.29) is 18.5 Å². The average molecular weight is 431 g/mol. The molecule has 2 N–H and O–H groups in total. The molecule has 0 aliphatic heterocycles. The topological polar surface area (TPSA) is 62.7 Å². The number of aromatic nitrogens is 3. The lowest BCUT2D eigenvalue weighted by Gasteiger charge is -2.16. The Labute approximate surface area is 165 Å². The highest BCUT2D eigenvalue weighted by Crippen LogP contribution is 2.23. The van der Waals surface area contributed by atoms with Crippen molar-refractivity contribution < 1.29 is 4.79 Å². The molecule has 26 heavy (non-hydrogen) atoms. The van der Waals surface area contributed by atoms with Crippen LogP contribution in [-0.2, 0) is 11.3 Å². The van der Waals surface area contributed by atoms with Gasteiger partial charge in [0.2, 0.25) is 5.91 Å². The number of hydrogen-bond donors (Lipinski definition) is 2. The summed E-state index contributed by atoms with van der Waals surface area (Å²) >= 11 is 8.83. The molecule has 1 amide bonds. The lowest BCUT2D eigenvalue weighted by atomic mass is 10.1. The molecule has 3 rings (SSSR count). The SMILES string of the molecule is Cc1cccc(-c2n[nH]c(=S)n2CC(=O)N[C@@H](C)c2ccccc2Br)c1. The molecule has 0 fully saturated rings. The number of carbonyl (C=O) groups excluding carboxylic acids is 1. The van der Waals surface area contributed by atoms with E-state index in [2.05, 4.69) is 31.4 Å². The summed E-state index contributed by atoms with van der Waals surface area (Å²) in [5.74, 6) is 0.530. The average Bonchev–Trinajstić information content (AvgIpc) is 2.96. The van der Waals surface area contributed by atoms with Crippen molar-refractivity contribution in [3.63, 3.8) is 0 Å². The number of aryl methyl sites for hydroxylation is 1. The monoisotopic (exact) mass is 430 g/mol. The molecule has 1 heterocycles. The third-order valence-electron chi connectivity index (χ3n) is 4.09. The third kappa shape index (κ3) is 4.11. The van der Waals surface area contributed by atoms with E-state index in [1.807, 2.05) is 62.4 Å². The predicted molar refractivity (Wildman–Crippen MR) is 108 cm³/mol. The Hall–Kier alpha value is -2.25. The summed E-state index contributed by atoms with van der Waals surface area (Å²) in [5.41, 5.74) is 3.06. The fourth-order valence-electron chi connectivity index (χ4n) is 2.80. The van der Waals surface area contributed by atoms with Gasteiger partial charge in [0.05, 0.1) is 6.04 Å². The third-order valence-corrected chi connectivity index (χ3v) is 5.12. The first-order valence-electron chi connectivity index (χ1n) is 8.21. The minimum Gasteiger partial charge on any atom is -0.348 e. The molecule has 0 saturated carbocycles. The van der Waals surface area contributed by atoms with Gasteiger partial charge >= 0.3 is 0 Å². The van der Waals surface area contributed by atoms with Gasteiger partial charge in [-0.1, -0.05) is 57.9 Å². The maximum Gasteiger partial charge on any atom is 0.240 e. The van der Waals surface area contributed by atoms with E-state index in [1.165, 1.54) is 0 Å². The van der Waals surface area contributed by atoms with Crippen LogP contribution in [0, 0.1) is 11.7 Å². The molecule has 0 bridgehead atoms. The van der Waals surface area contributed by atoms with Crippen molar-refractivity contribution >= 4 is 34.1 Å². The highest BCUT2D eigenvalue weighted by atomic mass is 79.9. The van der Waals surface area contributed by atoms with E-state index in [0.717, 1.165) is 21.2 Å². The van der Waals surface area contributed by atoms with Crippen LogP contribution in [0.1, 0.15) is 24.1 Å². The van der Waals surface area contributed by atoms with Crippen molar-refractivity contribution in [2.75, 3.05) is 0 Å². The molecule has 2 aromatic carbocycles.